The number of aromatic amines is 1. The average molecular weight is 263 g/mol. The summed E-state index contributed by atoms with van der Waals surface area (Å²) in [7, 11) is 0. The van der Waals surface area contributed by atoms with E-state index in [9.17, 15) is 9.90 Å². The third kappa shape index (κ3) is 1.25. The molecule has 1 aliphatic carbocycles. The van der Waals surface area contributed by atoms with Crippen LogP contribution in [0.2, 0.25) is 0 Å². The minimum absolute atomic E-state index is 0.119. The van der Waals surface area contributed by atoms with Gasteiger partial charge in [-0.25, -0.2) is 0 Å². The lowest BCUT2D eigenvalue weighted by Crippen LogP contribution is -2.21. The van der Waals surface area contributed by atoms with Gasteiger partial charge >= 0.3 is 0 Å². The predicted molar refractivity (Wildman–Crippen MR) is 78.7 cm³/mol. The van der Waals surface area contributed by atoms with Gasteiger partial charge in [0.2, 0.25) is 0 Å². The van der Waals surface area contributed by atoms with Crippen LogP contribution in [0.25, 0.3) is 22.0 Å². The van der Waals surface area contributed by atoms with Crippen molar-refractivity contribution in [3.8, 4) is 11.3 Å². The van der Waals surface area contributed by atoms with E-state index in [2.05, 4.69) is 4.98 Å². The fourth-order valence-corrected chi connectivity index (χ4v) is 3.25. The molecule has 2 aromatic carbocycles. The molecule has 4 rings (SSSR count). The van der Waals surface area contributed by atoms with Gasteiger partial charge in [-0.3, -0.25) is 4.79 Å². The molecule has 0 fully saturated rings. The van der Waals surface area contributed by atoms with Gasteiger partial charge in [-0.1, -0.05) is 42.5 Å². The molecule has 3 aromatic rings. The highest BCUT2D eigenvalue weighted by Crippen LogP contribution is 2.47. The number of rotatable bonds is 0. The Hall–Kier alpha value is -2.39. The van der Waals surface area contributed by atoms with Crippen molar-refractivity contribution in [2.75, 3.05) is 0 Å². The first kappa shape index (κ1) is 11.4. The summed E-state index contributed by atoms with van der Waals surface area (Å²) in [6.45, 7) is 1.78. The van der Waals surface area contributed by atoms with Crippen molar-refractivity contribution in [2.45, 2.75) is 12.5 Å². The Labute approximate surface area is 115 Å². The quantitative estimate of drug-likeness (QED) is 0.655. The van der Waals surface area contributed by atoms with Crippen molar-refractivity contribution in [2.24, 2.45) is 0 Å². The number of pyridine rings is 1. The minimum atomic E-state index is -1.09. The highest BCUT2D eigenvalue weighted by molar-refractivity contribution is 5.94. The van der Waals surface area contributed by atoms with E-state index in [4.69, 9.17) is 0 Å². The minimum Gasteiger partial charge on any atom is -0.381 e. The molecule has 1 heterocycles. The van der Waals surface area contributed by atoms with Crippen LogP contribution in [0.15, 0.2) is 53.3 Å². The number of nitrogens with one attached hydrogen (secondary N) is 1. The molecule has 0 saturated heterocycles. The predicted octanol–water partition coefficient (Wildman–Crippen LogP) is 2.76. The molecular formula is C17H13NO2. The molecular weight excluding hydrogens is 250 g/mol. The highest BCUT2D eigenvalue weighted by atomic mass is 16.3. The van der Waals surface area contributed by atoms with Crippen molar-refractivity contribution in [1.82, 2.24) is 4.98 Å². The number of aromatic nitrogens is 1. The first-order valence-electron chi connectivity index (χ1n) is 6.58. The molecule has 3 heteroatoms. The van der Waals surface area contributed by atoms with E-state index < -0.39 is 5.60 Å². The van der Waals surface area contributed by atoms with Crippen LogP contribution in [-0.2, 0) is 5.60 Å². The molecule has 0 bridgehead atoms. The van der Waals surface area contributed by atoms with E-state index in [1.807, 2.05) is 42.5 Å². The van der Waals surface area contributed by atoms with Gasteiger partial charge in [0.1, 0.15) is 5.60 Å². The van der Waals surface area contributed by atoms with Crippen molar-refractivity contribution in [1.29, 1.82) is 0 Å². The van der Waals surface area contributed by atoms with E-state index in [-0.39, 0.29) is 5.56 Å². The molecule has 0 spiro atoms. The fraction of sp³-hybridized carbons (Fsp3) is 0.118. The second kappa shape index (κ2) is 3.58. The maximum atomic E-state index is 12.2. The van der Waals surface area contributed by atoms with E-state index in [1.165, 1.54) is 0 Å². The summed E-state index contributed by atoms with van der Waals surface area (Å²) in [5.74, 6) is 0. The largest absolute Gasteiger partial charge is 0.381 e. The third-order valence-corrected chi connectivity index (χ3v) is 4.14. The average Bonchev–Trinajstić information content (AvgIpc) is 2.68. The summed E-state index contributed by atoms with van der Waals surface area (Å²) >= 11 is 0. The normalized spacial score (nSPS) is 19.9. The molecule has 3 nitrogen and oxygen atoms in total. The Bertz CT molecular complexity index is 906. The van der Waals surface area contributed by atoms with Gasteiger partial charge in [-0.05, 0) is 23.9 Å². The Balaban J connectivity index is 2.26. The molecule has 98 valence electrons. The van der Waals surface area contributed by atoms with Gasteiger partial charge in [-0.2, -0.15) is 0 Å². The van der Waals surface area contributed by atoms with Gasteiger partial charge in [0.15, 0.2) is 0 Å². The maximum absolute atomic E-state index is 12.2. The summed E-state index contributed by atoms with van der Waals surface area (Å²) in [4.78, 5) is 15.1. The smallest absolute Gasteiger partial charge is 0.256 e. The lowest BCUT2D eigenvalue weighted by molar-refractivity contribution is 0.109. The van der Waals surface area contributed by atoms with Crippen LogP contribution < -0.4 is 5.56 Å². The topological polar surface area (TPSA) is 53.1 Å². The molecule has 1 unspecified atom stereocenters. The summed E-state index contributed by atoms with van der Waals surface area (Å²) in [6.07, 6.45) is 0. The number of hydrogen-bond donors (Lipinski definition) is 2. The first-order valence-corrected chi connectivity index (χ1v) is 6.58. The van der Waals surface area contributed by atoms with E-state index in [0.717, 1.165) is 27.8 Å². The molecule has 0 saturated carbocycles. The molecule has 0 radical (unpaired) electrons. The number of hydrogen-bond acceptors (Lipinski definition) is 2. The van der Waals surface area contributed by atoms with E-state index >= 15 is 0 Å². The van der Waals surface area contributed by atoms with Crippen molar-refractivity contribution < 1.29 is 5.11 Å². The van der Waals surface area contributed by atoms with Gasteiger partial charge in [-0.15, -0.1) is 0 Å². The molecule has 1 aliphatic rings. The molecule has 0 amide bonds. The number of H-pyrrole nitrogens is 1. The first-order chi connectivity index (χ1) is 9.60. The van der Waals surface area contributed by atoms with Crippen LogP contribution in [0.1, 0.15) is 18.1 Å². The summed E-state index contributed by atoms with van der Waals surface area (Å²) in [5.41, 5.74) is 2.04. The van der Waals surface area contributed by atoms with Crippen molar-refractivity contribution in [3.63, 3.8) is 0 Å². The highest BCUT2D eigenvalue weighted by Gasteiger charge is 2.39. The van der Waals surface area contributed by atoms with E-state index in [1.54, 1.807) is 13.0 Å². The van der Waals surface area contributed by atoms with Crippen LogP contribution in [-0.4, -0.2) is 10.1 Å². The lowest BCUT2D eigenvalue weighted by Gasteiger charge is -2.21. The Morgan fingerprint density at radius 2 is 1.65 bits per heavy atom. The Kier molecular flexibility index (Phi) is 2.05. The van der Waals surface area contributed by atoms with Gasteiger partial charge in [0.25, 0.3) is 5.56 Å². The zero-order chi connectivity index (χ0) is 13.9. The molecule has 0 aliphatic heterocycles. The van der Waals surface area contributed by atoms with Crippen molar-refractivity contribution in [3.05, 3.63) is 70.0 Å². The van der Waals surface area contributed by atoms with Crippen LogP contribution in [0, 0.1) is 0 Å². The standard InChI is InChI=1S/C17H13NO2/c1-17(20)13-9-5-4-8-12(13)15-14(17)10-6-2-3-7-11(10)16(19)18-15/h2-9,20H,1H3,(H,18,19). The summed E-state index contributed by atoms with van der Waals surface area (Å²) < 4.78 is 0. The molecule has 2 N–H and O–H groups in total. The number of aliphatic hydroxyl groups is 1. The van der Waals surface area contributed by atoms with Crippen LogP contribution in [0.3, 0.4) is 0 Å². The molecule has 20 heavy (non-hydrogen) atoms. The SMILES string of the molecule is CC1(O)c2ccccc2-c2[nH]c(=O)c3ccccc3c21. The zero-order valence-corrected chi connectivity index (χ0v) is 11.0. The second-order valence-electron chi connectivity index (χ2n) is 5.37. The van der Waals surface area contributed by atoms with Gasteiger partial charge in [0.05, 0.1) is 5.69 Å². The van der Waals surface area contributed by atoms with Crippen LogP contribution in [0.5, 0.6) is 0 Å². The summed E-state index contributed by atoms with van der Waals surface area (Å²) in [5, 5.41) is 12.4. The second-order valence-corrected chi connectivity index (χ2v) is 5.37. The third-order valence-electron chi connectivity index (χ3n) is 4.14. The number of benzene rings is 2. The maximum Gasteiger partial charge on any atom is 0.256 e. The van der Waals surface area contributed by atoms with Crippen LogP contribution in [0.4, 0.5) is 0 Å². The van der Waals surface area contributed by atoms with Crippen molar-refractivity contribution >= 4 is 10.8 Å². The van der Waals surface area contributed by atoms with Gasteiger partial charge < -0.3 is 10.1 Å². The molecule has 1 aromatic heterocycles. The monoisotopic (exact) mass is 263 g/mol. The van der Waals surface area contributed by atoms with Crippen LogP contribution >= 0.6 is 0 Å². The fourth-order valence-electron chi connectivity index (χ4n) is 3.25. The zero-order valence-electron chi connectivity index (χ0n) is 11.0. The molecule has 1 atom stereocenters. The lowest BCUT2D eigenvalue weighted by atomic mass is 9.91. The summed E-state index contributed by atoms with van der Waals surface area (Å²) in [6, 6.07) is 15.1. The number of fused-ring (bicyclic) bond motifs is 5. The van der Waals surface area contributed by atoms with E-state index in [0.29, 0.717) is 5.39 Å². The Morgan fingerprint density at radius 3 is 2.45 bits per heavy atom. The van der Waals surface area contributed by atoms with Gasteiger partial charge in [0, 0.05) is 16.5 Å². The Morgan fingerprint density at radius 1 is 1.00 bits per heavy atom.